The third-order valence-electron chi connectivity index (χ3n) is 2.80. The van der Waals surface area contributed by atoms with Gasteiger partial charge in [-0.1, -0.05) is 12.1 Å². The van der Waals surface area contributed by atoms with Crippen molar-refractivity contribution >= 4 is 11.6 Å². The first-order valence-electron chi connectivity index (χ1n) is 6.17. The van der Waals surface area contributed by atoms with Crippen molar-refractivity contribution in [3.05, 3.63) is 47.8 Å². The number of anilines is 1. The second kappa shape index (κ2) is 6.38. The van der Waals surface area contributed by atoms with Gasteiger partial charge in [0.25, 0.3) is 0 Å². The molecule has 2 rings (SSSR count). The number of amides is 1. The van der Waals surface area contributed by atoms with Gasteiger partial charge in [-0.3, -0.25) is 9.48 Å². The van der Waals surface area contributed by atoms with Crippen molar-refractivity contribution in [2.45, 2.75) is 13.1 Å². The van der Waals surface area contributed by atoms with Crippen LogP contribution in [0.2, 0.25) is 0 Å². The average molecular weight is 269 g/mol. The zero-order chi connectivity index (χ0) is 14.4. The number of hydrogen-bond acceptors (Lipinski definition) is 4. The van der Waals surface area contributed by atoms with E-state index in [1.54, 1.807) is 36.3 Å². The van der Waals surface area contributed by atoms with Gasteiger partial charge >= 0.3 is 0 Å². The number of nitrogens with zero attached hydrogens (tertiary/aromatic N) is 3. The molecule has 0 aliphatic rings. The van der Waals surface area contributed by atoms with E-state index in [2.05, 4.69) is 21.8 Å². The number of aromatic nitrogens is 2. The number of likely N-dealkylation sites (N-methyl/N-ethyl adjacent to an activating group) is 1. The van der Waals surface area contributed by atoms with Crippen LogP contribution in [-0.2, 0) is 17.9 Å². The van der Waals surface area contributed by atoms with Crippen LogP contribution >= 0.6 is 0 Å². The Labute approximate surface area is 117 Å². The van der Waals surface area contributed by atoms with E-state index in [1.165, 1.54) is 0 Å². The minimum Gasteiger partial charge on any atom is -0.378 e. The topological polar surface area (TPSA) is 82.7 Å². The van der Waals surface area contributed by atoms with Crippen LogP contribution in [0, 0.1) is 11.3 Å². The van der Waals surface area contributed by atoms with E-state index in [1.807, 2.05) is 12.1 Å². The maximum Gasteiger partial charge on any atom is 0.241 e. The van der Waals surface area contributed by atoms with Gasteiger partial charge in [-0.2, -0.15) is 10.4 Å². The Morgan fingerprint density at radius 3 is 2.80 bits per heavy atom. The smallest absolute Gasteiger partial charge is 0.241 e. The SMILES string of the molecule is CNC(=O)Cn1cc(NCc2ccc(C#N)cc2)cn1. The van der Waals surface area contributed by atoms with Crippen molar-refractivity contribution in [3.8, 4) is 6.07 Å². The molecule has 20 heavy (non-hydrogen) atoms. The molecule has 6 nitrogen and oxygen atoms in total. The molecular formula is C14H15N5O. The highest BCUT2D eigenvalue weighted by Crippen LogP contribution is 2.09. The fourth-order valence-electron chi connectivity index (χ4n) is 1.67. The maximum absolute atomic E-state index is 11.2. The first-order valence-corrected chi connectivity index (χ1v) is 6.17. The number of carbonyl (C=O) groups excluding carboxylic acids is 1. The molecule has 0 unspecified atom stereocenters. The molecule has 1 amide bonds. The molecule has 0 saturated heterocycles. The summed E-state index contributed by atoms with van der Waals surface area (Å²) < 4.78 is 1.57. The largest absolute Gasteiger partial charge is 0.378 e. The highest BCUT2D eigenvalue weighted by Gasteiger charge is 2.02. The van der Waals surface area contributed by atoms with Crippen LogP contribution in [0.25, 0.3) is 0 Å². The number of carbonyl (C=O) groups is 1. The summed E-state index contributed by atoms with van der Waals surface area (Å²) >= 11 is 0. The van der Waals surface area contributed by atoms with Crippen LogP contribution in [-0.4, -0.2) is 22.7 Å². The predicted molar refractivity (Wildman–Crippen MR) is 74.8 cm³/mol. The summed E-state index contributed by atoms with van der Waals surface area (Å²) in [6, 6.07) is 9.46. The molecule has 0 saturated carbocycles. The molecule has 0 aliphatic heterocycles. The molecule has 0 bridgehead atoms. The zero-order valence-corrected chi connectivity index (χ0v) is 11.1. The molecule has 0 radical (unpaired) electrons. The van der Waals surface area contributed by atoms with Crippen molar-refractivity contribution in [3.63, 3.8) is 0 Å². The third-order valence-corrected chi connectivity index (χ3v) is 2.80. The second-order valence-corrected chi connectivity index (χ2v) is 4.26. The van der Waals surface area contributed by atoms with Gasteiger partial charge in [0.1, 0.15) is 6.54 Å². The zero-order valence-electron chi connectivity index (χ0n) is 11.1. The highest BCUT2D eigenvalue weighted by atomic mass is 16.1. The van der Waals surface area contributed by atoms with Crippen molar-refractivity contribution in [1.82, 2.24) is 15.1 Å². The minimum absolute atomic E-state index is 0.0910. The van der Waals surface area contributed by atoms with Crippen LogP contribution < -0.4 is 10.6 Å². The fourth-order valence-corrected chi connectivity index (χ4v) is 1.67. The average Bonchev–Trinajstić information content (AvgIpc) is 2.93. The molecule has 1 aromatic carbocycles. The molecule has 6 heteroatoms. The third kappa shape index (κ3) is 3.59. The lowest BCUT2D eigenvalue weighted by Gasteiger charge is -2.03. The van der Waals surface area contributed by atoms with E-state index in [-0.39, 0.29) is 12.5 Å². The number of hydrogen-bond donors (Lipinski definition) is 2. The van der Waals surface area contributed by atoms with Crippen LogP contribution in [0.5, 0.6) is 0 Å². The van der Waals surface area contributed by atoms with Gasteiger partial charge in [-0.25, -0.2) is 0 Å². The molecule has 0 aliphatic carbocycles. The molecule has 1 heterocycles. The molecular weight excluding hydrogens is 254 g/mol. The molecule has 102 valence electrons. The van der Waals surface area contributed by atoms with Gasteiger partial charge in [0.2, 0.25) is 5.91 Å². The number of nitrogens with one attached hydrogen (secondary N) is 2. The van der Waals surface area contributed by atoms with Crippen LogP contribution in [0.4, 0.5) is 5.69 Å². The summed E-state index contributed by atoms with van der Waals surface area (Å²) in [6.07, 6.45) is 3.45. The van der Waals surface area contributed by atoms with Crippen molar-refractivity contribution in [2.24, 2.45) is 0 Å². The Bertz CT molecular complexity index is 624. The molecule has 0 atom stereocenters. The summed E-state index contributed by atoms with van der Waals surface area (Å²) in [5.74, 6) is -0.0910. The normalized spacial score (nSPS) is 9.80. The summed E-state index contributed by atoms with van der Waals surface area (Å²) in [5.41, 5.74) is 2.56. The van der Waals surface area contributed by atoms with E-state index in [0.717, 1.165) is 11.3 Å². The van der Waals surface area contributed by atoms with Gasteiger partial charge in [-0.15, -0.1) is 0 Å². The lowest BCUT2D eigenvalue weighted by Crippen LogP contribution is -2.23. The molecule has 0 spiro atoms. The standard InChI is InChI=1S/C14H15N5O/c1-16-14(20)10-19-9-13(8-18-19)17-7-12-4-2-11(6-15)3-5-12/h2-5,8-9,17H,7,10H2,1H3,(H,16,20). The lowest BCUT2D eigenvalue weighted by atomic mass is 10.1. The fraction of sp³-hybridized carbons (Fsp3) is 0.214. The predicted octanol–water partition coefficient (Wildman–Crippen LogP) is 1.11. The van der Waals surface area contributed by atoms with Gasteiger partial charge in [-0.05, 0) is 17.7 Å². The minimum atomic E-state index is -0.0910. The Morgan fingerprint density at radius 2 is 2.15 bits per heavy atom. The van der Waals surface area contributed by atoms with E-state index >= 15 is 0 Å². The van der Waals surface area contributed by atoms with E-state index in [4.69, 9.17) is 5.26 Å². The first kappa shape index (κ1) is 13.6. The quantitative estimate of drug-likeness (QED) is 0.852. The maximum atomic E-state index is 11.2. The number of benzene rings is 1. The Morgan fingerprint density at radius 1 is 1.40 bits per heavy atom. The van der Waals surface area contributed by atoms with Gasteiger partial charge < -0.3 is 10.6 Å². The molecule has 2 aromatic rings. The van der Waals surface area contributed by atoms with Gasteiger partial charge in [0.15, 0.2) is 0 Å². The summed E-state index contributed by atoms with van der Waals surface area (Å²) in [6.45, 7) is 0.840. The molecule has 1 aromatic heterocycles. The van der Waals surface area contributed by atoms with E-state index in [9.17, 15) is 4.79 Å². The van der Waals surface area contributed by atoms with Crippen molar-refractivity contribution in [2.75, 3.05) is 12.4 Å². The summed E-state index contributed by atoms with van der Waals surface area (Å²) in [5, 5.41) is 18.6. The lowest BCUT2D eigenvalue weighted by molar-refractivity contribution is -0.121. The van der Waals surface area contributed by atoms with Crippen LogP contribution in [0.15, 0.2) is 36.7 Å². The highest BCUT2D eigenvalue weighted by molar-refractivity contribution is 5.75. The Balaban J connectivity index is 1.90. The number of rotatable bonds is 5. The molecule has 2 N–H and O–H groups in total. The monoisotopic (exact) mass is 269 g/mol. The van der Waals surface area contributed by atoms with Crippen molar-refractivity contribution in [1.29, 1.82) is 5.26 Å². The first-order chi connectivity index (χ1) is 9.71. The van der Waals surface area contributed by atoms with Crippen LogP contribution in [0.3, 0.4) is 0 Å². The number of nitriles is 1. The summed E-state index contributed by atoms with van der Waals surface area (Å²) in [7, 11) is 1.59. The van der Waals surface area contributed by atoms with E-state index < -0.39 is 0 Å². The van der Waals surface area contributed by atoms with Gasteiger partial charge in [0, 0.05) is 19.8 Å². The van der Waals surface area contributed by atoms with Gasteiger partial charge in [0.05, 0.1) is 23.5 Å². The summed E-state index contributed by atoms with van der Waals surface area (Å²) in [4.78, 5) is 11.2. The second-order valence-electron chi connectivity index (χ2n) is 4.26. The van der Waals surface area contributed by atoms with Crippen molar-refractivity contribution < 1.29 is 4.79 Å². The Hall–Kier alpha value is -2.81. The van der Waals surface area contributed by atoms with E-state index in [0.29, 0.717) is 12.1 Å². The van der Waals surface area contributed by atoms with Crippen LogP contribution in [0.1, 0.15) is 11.1 Å². The Kier molecular flexibility index (Phi) is 4.35. The molecule has 0 fully saturated rings.